The van der Waals surface area contributed by atoms with Crippen LogP contribution in [0, 0.1) is 6.57 Å². The molecular formula is C13H12ClN3O2. The molecule has 0 amide bonds. The van der Waals surface area contributed by atoms with E-state index in [-0.39, 0.29) is 0 Å². The second kappa shape index (κ2) is 4.56. The molecule has 0 radical (unpaired) electrons. The summed E-state index contributed by atoms with van der Waals surface area (Å²) >= 11 is 5.85. The van der Waals surface area contributed by atoms with Crippen LogP contribution in [0.15, 0.2) is 18.5 Å². The fraction of sp³-hybridized carbons (Fsp3) is 0.308. The number of pyridine rings is 1. The Morgan fingerprint density at radius 2 is 2.21 bits per heavy atom. The van der Waals surface area contributed by atoms with Crippen molar-refractivity contribution in [3.63, 3.8) is 0 Å². The number of carbonyl (C=O) groups is 1. The van der Waals surface area contributed by atoms with Gasteiger partial charge in [-0.15, -0.1) is 0 Å². The van der Waals surface area contributed by atoms with Crippen LogP contribution in [-0.4, -0.2) is 21.2 Å². The molecule has 0 aromatic carbocycles. The van der Waals surface area contributed by atoms with Gasteiger partial charge in [0.2, 0.25) is 5.69 Å². The average molecular weight is 278 g/mol. The topological polar surface area (TPSA) is 48.5 Å². The van der Waals surface area contributed by atoms with Crippen molar-refractivity contribution in [1.82, 2.24) is 9.55 Å². The first kappa shape index (κ1) is 13.4. The maximum Gasteiger partial charge on any atom is 0.418 e. The highest BCUT2D eigenvalue weighted by atomic mass is 35.5. The minimum atomic E-state index is -0.613. The van der Waals surface area contributed by atoms with Crippen molar-refractivity contribution in [1.29, 1.82) is 0 Å². The lowest BCUT2D eigenvalue weighted by Gasteiger charge is -2.19. The van der Waals surface area contributed by atoms with Crippen LogP contribution in [0.3, 0.4) is 0 Å². The Hall–Kier alpha value is -2.06. The van der Waals surface area contributed by atoms with Crippen molar-refractivity contribution in [3.8, 4) is 0 Å². The molecule has 0 spiro atoms. The second-order valence-electron chi connectivity index (χ2n) is 5.00. The zero-order valence-corrected chi connectivity index (χ0v) is 11.5. The first-order chi connectivity index (χ1) is 8.81. The van der Waals surface area contributed by atoms with E-state index in [1.54, 1.807) is 26.8 Å². The summed E-state index contributed by atoms with van der Waals surface area (Å²) in [5.41, 5.74) is 0.0683. The van der Waals surface area contributed by atoms with Gasteiger partial charge in [-0.05, 0) is 26.8 Å². The SMILES string of the molecule is [C-]#[N+]c1cn(C(=O)OC(C)(C)C)c2ncc(Cl)cc12. The van der Waals surface area contributed by atoms with Crippen molar-refractivity contribution in [2.75, 3.05) is 0 Å². The summed E-state index contributed by atoms with van der Waals surface area (Å²) in [5, 5.41) is 0.952. The summed E-state index contributed by atoms with van der Waals surface area (Å²) in [6, 6.07) is 1.61. The van der Waals surface area contributed by atoms with Gasteiger partial charge in [0.15, 0.2) is 0 Å². The van der Waals surface area contributed by atoms with E-state index < -0.39 is 11.7 Å². The van der Waals surface area contributed by atoms with Crippen LogP contribution in [0.5, 0.6) is 0 Å². The van der Waals surface area contributed by atoms with Crippen LogP contribution in [0.4, 0.5) is 10.5 Å². The molecule has 2 rings (SSSR count). The third kappa shape index (κ3) is 2.69. The predicted molar refractivity (Wildman–Crippen MR) is 72.6 cm³/mol. The van der Waals surface area contributed by atoms with Crippen LogP contribution >= 0.6 is 11.6 Å². The first-order valence-electron chi connectivity index (χ1n) is 5.59. The Morgan fingerprint density at radius 1 is 1.53 bits per heavy atom. The van der Waals surface area contributed by atoms with Gasteiger partial charge in [0, 0.05) is 17.8 Å². The molecule has 19 heavy (non-hydrogen) atoms. The quantitative estimate of drug-likeness (QED) is 0.683. The van der Waals surface area contributed by atoms with Crippen molar-refractivity contribution in [2.24, 2.45) is 0 Å². The van der Waals surface area contributed by atoms with Crippen molar-refractivity contribution >= 4 is 34.4 Å². The summed E-state index contributed by atoms with van der Waals surface area (Å²) in [5.74, 6) is 0. The Balaban J connectivity index is 2.56. The summed E-state index contributed by atoms with van der Waals surface area (Å²) in [6.45, 7) is 12.4. The molecule has 0 bridgehead atoms. The molecule has 2 heterocycles. The lowest BCUT2D eigenvalue weighted by molar-refractivity contribution is 0.0544. The summed E-state index contributed by atoms with van der Waals surface area (Å²) in [7, 11) is 0. The molecule has 0 saturated heterocycles. The molecule has 0 saturated carbocycles. The number of ether oxygens (including phenoxy) is 1. The number of halogens is 1. The zero-order valence-electron chi connectivity index (χ0n) is 10.8. The fourth-order valence-corrected chi connectivity index (χ4v) is 1.76. The van der Waals surface area contributed by atoms with Gasteiger partial charge in [-0.3, -0.25) is 0 Å². The van der Waals surface area contributed by atoms with Crippen molar-refractivity contribution in [2.45, 2.75) is 26.4 Å². The molecule has 0 fully saturated rings. The summed E-state index contributed by atoms with van der Waals surface area (Å²) < 4.78 is 6.49. The standard InChI is InChI=1S/C13H12ClN3O2/c1-13(2,3)19-12(18)17-7-10(15-4)9-5-8(14)6-16-11(9)17/h5-7H,1-3H3. The number of nitrogens with zero attached hydrogens (tertiary/aromatic N) is 3. The normalized spacial score (nSPS) is 11.3. The van der Waals surface area contributed by atoms with Crippen LogP contribution < -0.4 is 0 Å². The Morgan fingerprint density at radius 3 is 2.79 bits per heavy atom. The highest BCUT2D eigenvalue weighted by molar-refractivity contribution is 6.31. The van der Waals surface area contributed by atoms with Crippen LogP contribution in [-0.2, 0) is 4.74 Å². The molecule has 2 aromatic heterocycles. The van der Waals surface area contributed by atoms with E-state index in [4.69, 9.17) is 22.9 Å². The van der Waals surface area contributed by atoms with Gasteiger partial charge in [-0.1, -0.05) is 11.6 Å². The van der Waals surface area contributed by atoms with Crippen molar-refractivity contribution < 1.29 is 9.53 Å². The van der Waals surface area contributed by atoms with Gasteiger partial charge >= 0.3 is 6.09 Å². The molecule has 0 aliphatic heterocycles. The highest BCUT2D eigenvalue weighted by Gasteiger charge is 2.21. The van der Waals surface area contributed by atoms with Gasteiger partial charge in [0.1, 0.15) is 11.2 Å². The predicted octanol–water partition coefficient (Wildman–Crippen LogP) is 4.02. The van der Waals surface area contributed by atoms with E-state index in [0.717, 1.165) is 0 Å². The van der Waals surface area contributed by atoms with Crippen LogP contribution in [0.2, 0.25) is 5.02 Å². The van der Waals surface area contributed by atoms with Gasteiger partial charge in [0.05, 0.1) is 11.6 Å². The Kier molecular flexibility index (Phi) is 3.21. The number of carbonyl (C=O) groups excluding carboxylic acids is 1. The molecule has 5 nitrogen and oxygen atoms in total. The molecule has 98 valence electrons. The number of hydrogen-bond donors (Lipinski definition) is 0. The molecular weight excluding hydrogens is 266 g/mol. The van der Waals surface area contributed by atoms with E-state index in [1.165, 1.54) is 17.0 Å². The molecule has 0 atom stereocenters. The molecule has 0 N–H and O–H groups in total. The Labute approximate surface area is 115 Å². The summed E-state index contributed by atoms with van der Waals surface area (Å²) in [6.07, 6.45) is 2.27. The minimum absolute atomic E-state index is 0.316. The molecule has 0 unspecified atom stereocenters. The fourth-order valence-electron chi connectivity index (χ4n) is 1.60. The largest absolute Gasteiger partial charge is 0.443 e. The third-order valence-corrected chi connectivity index (χ3v) is 2.51. The Bertz CT molecular complexity index is 692. The van der Waals surface area contributed by atoms with Gasteiger partial charge in [-0.25, -0.2) is 19.2 Å². The molecule has 2 aromatic rings. The highest BCUT2D eigenvalue weighted by Crippen LogP contribution is 2.29. The molecule has 0 aliphatic carbocycles. The van der Waals surface area contributed by atoms with Gasteiger partial charge in [0.25, 0.3) is 0 Å². The number of fused-ring (bicyclic) bond motifs is 1. The van der Waals surface area contributed by atoms with E-state index in [0.29, 0.717) is 21.7 Å². The van der Waals surface area contributed by atoms with Crippen molar-refractivity contribution in [3.05, 3.63) is 34.9 Å². The monoisotopic (exact) mass is 277 g/mol. The minimum Gasteiger partial charge on any atom is -0.443 e. The van der Waals surface area contributed by atoms with Gasteiger partial charge in [-0.2, -0.15) is 0 Å². The van der Waals surface area contributed by atoms with Gasteiger partial charge < -0.3 is 4.74 Å². The van der Waals surface area contributed by atoms with Crippen LogP contribution in [0.25, 0.3) is 15.9 Å². The average Bonchev–Trinajstić information content (AvgIpc) is 2.64. The lowest BCUT2D eigenvalue weighted by atomic mass is 10.2. The smallest absolute Gasteiger partial charge is 0.418 e. The van der Waals surface area contributed by atoms with E-state index in [1.807, 2.05) is 0 Å². The second-order valence-corrected chi connectivity index (χ2v) is 5.44. The number of aromatic nitrogens is 2. The lowest BCUT2D eigenvalue weighted by Crippen LogP contribution is -2.26. The van der Waals surface area contributed by atoms with E-state index >= 15 is 0 Å². The number of hydrogen-bond acceptors (Lipinski definition) is 3. The molecule has 0 aliphatic rings. The molecule has 6 heteroatoms. The summed E-state index contributed by atoms with van der Waals surface area (Å²) in [4.78, 5) is 19.5. The first-order valence-corrected chi connectivity index (χ1v) is 5.97. The zero-order chi connectivity index (χ0) is 14.2. The third-order valence-electron chi connectivity index (χ3n) is 2.30. The van der Waals surface area contributed by atoms with Crippen LogP contribution in [0.1, 0.15) is 20.8 Å². The maximum absolute atomic E-state index is 12.1. The van der Waals surface area contributed by atoms with E-state index in [2.05, 4.69) is 9.83 Å². The van der Waals surface area contributed by atoms with E-state index in [9.17, 15) is 4.79 Å². The number of rotatable bonds is 0. The maximum atomic E-state index is 12.1.